The van der Waals surface area contributed by atoms with Crippen molar-refractivity contribution < 1.29 is 28.8 Å². The second kappa shape index (κ2) is 10.1. The molecule has 1 spiro atoms. The van der Waals surface area contributed by atoms with E-state index in [-0.39, 0.29) is 19.3 Å². The lowest BCUT2D eigenvalue weighted by molar-refractivity contribution is -0.132. The number of rotatable bonds is 0. The van der Waals surface area contributed by atoms with Crippen LogP contribution in [0.3, 0.4) is 0 Å². The molecule has 0 radical (unpaired) electrons. The van der Waals surface area contributed by atoms with Crippen LogP contribution in [0.25, 0.3) is 6.08 Å². The standard InChI is InChI=1S/C22H26N2O6S3/c1-13-8-9-22(21(3,29)20(28)32-33(22)30)11-18(27)23-14(2)19-24-15(12-31-19)6-4-5-7-16(25)17(26)10-13/h4-7,10,12,14,17,26,29H,8-9,11H2,1-3H3,(H,23,27)/b6-4+,7-5-,13-10+/t14-,17-,21+,22+,33-/m1/s1. The molecule has 2 bridgehead atoms. The number of nitrogens with one attached hydrogen (secondary N) is 1. The average molecular weight is 511 g/mol. The number of aromatic nitrogens is 1. The van der Waals surface area contributed by atoms with Crippen molar-refractivity contribution in [2.24, 2.45) is 0 Å². The monoisotopic (exact) mass is 510 g/mol. The lowest BCUT2D eigenvalue weighted by Gasteiger charge is -2.36. The van der Waals surface area contributed by atoms with Gasteiger partial charge < -0.3 is 15.5 Å². The van der Waals surface area contributed by atoms with Crippen molar-refractivity contribution >= 4 is 54.8 Å². The Hall–Kier alpha value is -1.92. The normalized spacial score (nSPS) is 37.7. The van der Waals surface area contributed by atoms with Crippen molar-refractivity contribution in [1.29, 1.82) is 0 Å². The number of carbonyl (C=O) groups excluding carboxylic acids is 3. The molecule has 178 valence electrons. The van der Waals surface area contributed by atoms with Crippen LogP contribution in [0.2, 0.25) is 0 Å². The highest BCUT2D eigenvalue weighted by Crippen LogP contribution is 2.50. The van der Waals surface area contributed by atoms with Crippen LogP contribution in [-0.2, 0) is 24.2 Å². The van der Waals surface area contributed by atoms with Crippen LogP contribution in [0.4, 0.5) is 0 Å². The molecule has 8 nitrogen and oxygen atoms in total. The molecule has 1 fully saturated rings. The summed E-state index contributed by atoms with van der Waals surface area (Å²) in [5, 5.41) is 25.8. The number of amides is 1. The van der Waals surface area contributed by atoms with Gasteiger partial charge in [0.05, 0.1) is 21.6 Å². The van der Waals surface area contributed by atoms with E-state index in [1.54, 1.807) is 31.4 Å². The zero-order valence-electron chi connectivity index (χ0n) is 18.4. The van der Waals surface area contributed by atoms with Gasteiger partial charge in [-0.3, -0.25) is 14.4 Å². The van der Waals surface area contributed by atoms with Gasteiger partial charge in [0.25, 0.3) is 0 Å². The third-order valence-electron chi connectivity index (χ3n) is 5.78. The summed E-state index contributed by atoms with van der Waals surface area (Å²) >= 11 is 1.35. The summed E-state index contributed by atoms with van der Waals surface area (Å²) < 4.78 is 11.5. The molecule has 2 aliphatic heterocycles. The molecule has 0 saturated carbocycles. The Bertz CT molecular complexity index is 1070. The van der Waals surface area contributed by atoms with Gasteiger partial charge in [-0.25, -0.2) is 9.19 Å². The van der Waals surface area contributed by atoms with Crippen molar-refractivity contribution in [3.8, 4) is 0 Å². The van der Waals surface area contributed by atoms with E-state index in [0.717, 1.165) is 0 Å². The second-order valence-electron chi connectivity index (χ2n) is 8.33. The van der Waals surface area contributed by atoms with Crippen molar-refractivity contribution in [3.05, 3.63) is 46.0 Å². The van der Waals surface area contributed by atoms with Gasteiger partial charge >= 0.3 is 0 Å². The molecule has 3 N–H and O–H groups in total. The first-order valence-electron chi connectivity index (χ1n) is 10.3. The van der Waals surface area contributed by atoms with E-state index in [1.165, 1.54) is 36.5 Å². The molecular weight excluding hydrogens is 484 g/mol. The Morgan fingerprint density at radius 1 is 1.24 bits per heavy atom. The smallest absolute Gasteiger partial charge is 0.234 e. The topological polar surface area (TPSA) is 134 Å². The number of fused-ring (bicyclic) bond motifs is 2. The van der Waals surface area contributed by atoms with E-state index in [9.17, 15) is 28.8 Å². The largest absolute Gasteiger partial charge is 0.381 e. The summed E-state index contributed by atoms with van der Waals surface area (Å²) in [4.78, 5) is 42.0. The summed E-state index contributed by atoms with van der Waals surface area (Å²) in [5.41, 5.74) is -0.732. The van der Waals surface area contributed by atoms with Gasteiger partial charge in [0.15, 0.2) is 5.78 Å². The maximum absolute atomic E-state index is 13.0. The van der Waals surface area contributed by atoms with Gasteiger partial charge in [0, 0.05) is 22.6 Å². The highest BCUT2D eigenvalue weighted by molar-refractivity contribution is 8.76. The van der Waals surface area contributed by atoms with Crippen molar-refractivity contribution in [2.45, 2.75) is 62.5 Å². The van der Waals surface area contributed by atoms with Gasteiger partial charge in [-0.1, -0.05) is 17.7 Å². The second-order valence-corrected chi connectivity index (χ2v) is 12.4. The van der Waals surface area contributed by atoms with Gasteiger partial charge in [-0.05, 0) is 51.8 Å². The van der Waals surface area contributed by atoms with Crippen molar-refractivity contribution in [1.82, 2.24) is 10.3 Å². The van der Waals surface area contributed by atoms with E-state index < -0.39 is 49.1 Å². The molecule has 0 aliphatic carbocycles. The number of aliphatic hydroxyl groups excluding tert-OH is 1. The number of hydrogen-bond donors (Lipinski definition) is 3. The molecule has 11 heteroatoms. The zero-order chi connectivity index (χ0) is 24.4. The summed E-state index contributed by atoms with van der Waals surface area (Å²) in [5.74, 6) is -0.969. The Morgan fingerprint density at radius 2 is 1.94 bits per heavy atom. The summed E-state index contributed by atoms with van der Waals surface area (Å²) in [6.45, 7) is 4.75. The molecular formula is C22H26N2O6S3. The lowest BCUT2D eigenvalue weighted by Crippen LogP contribution is -2.55. The first kappa shape index (κ1) is 25.7. The van der Waals surface area contributed by atoms with Crippen molar-refractivity contribution in [2.75, 3.05) is 0 Å². The van der Waals surface area contributed by atoms with E-state index >= 15 is 0 Å². The van der Waals surface area contributed by atoms with Crippen LogP contribution in [0.1, 0.15) is 56.8 Å². The van der Waals surface area contributed by atoms with Gasteiger partial charge in [0.1, 0.15) is 21.5 Å². The Morgan fingerprint density at radius 3 is 2.61 bits per heavy atom. The Kier molecular flexibility index (Phi) is 7.90. The van der Waals surface area contributed by atoms with Crippen LogP contribution in [0.5, 0.6) is 0 Å². The molecule has 5 atom stereocenters. The number of ketones is 1. The minimum Gasteiger partial charge on any atom is -0.381 e. The average Bonchev–Trinajstić information content (AvgIpc) is 3.27. The summed E-state index contributed by atoms with van der Waals surface area (Å²) in [6, 6.07) is -0.433. The molecule has 2 aliphatic rings. The van der Waals surface area contributed by atoms with Crippen LogP contribution in [0, 0.1) is 0 Å². The first-order chi connectivity index (χ1) is 15.5. The fourth-order valence-electron chi connectivity index (χ4n) is 3.65. The molecule has 3 rings (SSSR count). The molecule has 1 aromatic rings. The molecule has 1 amide bonds. The molecule has 1 aromatic heterocycles. The van der Waals surface area contributed by atoms with E-state index in [4.69, 9.17) is 0 Å². The number of hydrogen-bond acceptors (Lipinski definition) is 9. The highest BCUT2D eigenvalue weighted by atomic mass is 33.1. The summed E-state index contributed by atoms with van der Waals surface area (Å²) in [6.07, 6.45) is 6.07. The minimum absolute atomic E-state index is 0.0520. The van der Waals surface area contributed by atoms with Gasteiger partial charge in [-0.2, -0.15) is 0 Å². The predicted molar refractivity (Wildman–Crippen MR) is 130 cm³/mol. The van der Waals surface area contributed by atoms with Crippen LogP contribution >= 0.6 is 22.1 Å². The molecule has 0 unspecified atom stereocenters. The zero-order valence-corrected chi connectivity index (χ0v) is 20.9. The van der Waals surface area contributed by atoms with Crippen LogP contribution < -0.4 is 5.32 Å². The highest BCUT2D eigenvalue weighted by Gasteiger charge is 2.63. The van der Waals surface area contributed by atoms with Gasteiger partial charge in [0.2, 0.25) is 11.0 Å². The fraction of sp³-hybridized carbons (Fsp3) is 0.455. The van der Waals surface area contributed by atoms with Crippen LogP contribution in [0.15, 0.2) is 35.3 Å². The molecule has 1 saturated heterocycles. The Balaban J connectivity index is 1.99. The molecule has 3 heterocycles. The molecule has 0 aromatic carbocycles. The van der Waals surface area contributed by atoms with Gasteiger partial charge in [-0.15, -0.1) is 11.3 Å². The van der Waals surface area contributed by atoms with Crippen LogP contribution in [-0.4, -0.2) is 52.7 Å². The number of carbonyl (C=O) groups is 3. The van der Waals surface area contributed by atoms with E-state index in [0.29, 0.717) is 27.1 Å². The minimum atomic E-state index is -1.99. The molecule has 33 heavy (non-hydrogen) atoms. The third-order valence-corrected chi connectivity index (χ3v) is 10.8. The van der Waals surface area contributed by atoms with Crippen molar-refractivity contribution in [3.63, 3.8) is 0 Å². The number of allylic oxidation sites excluding steroid dienone is 3. The maximum atomic E-state index is 13.0. The predicted octanol–water partition coefficient (Wildman–Crippen LogP) is 2.38. The van der Waals surface area contributed by atoms with E-state index in [2.05, 4.69) is 10.3 Å². The van der Waals surface area contributed by atoms with E-state index in [1.807, 2.05) is 0 Å². The number of aliphatic hydroxyl groups is 2. The lowest BCUT2D eigenvalue weighted by atomic mass is 9.81. The SMILES string of the molecule is C/C1=C\[C@@H](O)C(=O)/C=C\C=C\c2csc(n2)[C@@H](C)NC(=O)C[C@]2(CC1)[S@](=O)SC(=O)[C@]2(C)O. The third kappa shape index (κ3) is 5.43. The number of thiazole rings is 1. The number of nitrogens with zero attached hydrogens (tertiary/aromatic N) is 1. The summed E-state index contributed by atoms with van der Waals surface area (Å²) in [7, 11) is -1.33. The quantitative estimate of drug-likeness (QED) is 0.358. The fourth-order valence-corrected chi connectivity index (χ4v) is 8.39. The maximum Gasteiger partial charge on any atom is 0.234 e. The first-order valence-corrected chi connectivity index (χ1v) is 13.7. The Labute approximate surface area is 202 Å².